The van der Waals surface area contributed by atoms with Crippen molar-refractivity contribution >= 4 is 41.0 Å². The van der Waals surface area contributed by atoms with Gasteiger partial charge in [0, 0.05) is 26.1 Å². The van der Waals surface area contributed by atoms with Gasteiger partial charge in [0.05, 0.1) is 11.0 Å². The van der Waals surface area contributed by atoms with Crippen molar-refractivity contribution in [3.05, 3.63) is 42.7 Å². The number of guanidine groups is 1. The van der Waals surface area contributed by atoms with Crippen LogP contribution in [-0.2, 0) is 6.42 Å². The fourth-order valence-corrected chi connectivity index (χ4v) is 1.91. The van der Waals surface area contributed by atoms with E-state index in [1.807, 2.05) is 37.3 Å². The molecule has 114 valence electrons. The number of hydrogen-bond donors (Lipinski definition) is 3. The Morgan fingerprint density at radius 3 is 2.90 bits per heavy atom. The van der Waals surface area contributed by atoms with Gasteiger partial charge in [-0.15, -0.1) is 30.6 Å². The molecule has 0 atom stereocenters. The van der Waals surface area contributed by atoms with Crippen LogP contribution >= 0.6 is 24.0 Å². The van der Waals surface area contributed by atoms with Crippen LogP contribution in [-0.4, -0.2) is 35.6 Å². The number of para-hydroxylation sites is 2. The van der Waals surface area contributed by atoms with E-state index in [0.29, 0.717) is 13.1 Å². The van der Waals surface area contributed by atoms with Gasteiger partial charge in [-0.05, 0) is 19.1 Å². The lowest BCUT2D eigenvalue weighted by atomic mass is 10.3. The number of aromatic amines is 1. The SMILES string of the molecule is C=CCNC(=NCCc1nc2ccccc2[nH]1)NCC.I. The van der Waals surface area contributed by atoms with Crippen LogP contribution in [0.3, 0.4) is 0 Å². The van der Waals surface area contributed by atoms with Gasteiger partial charge in [-0.25, -0.2) is 4.98 Å². The highest BCUT2D eigenvalue weighted by atomic mass is 127. The van der Waals surface area contributed by atoms with Crippen molar-refractivity contribution in [1.29, 1.82) is 0 Å². The molecule has 1 aromatic heterocycles. The fraction of sp³-hybridized carbons (Fsp3) is 0.333. The second-order valence-corrected chi connectivity index (χ2v) is 4.38. The van der Waals surface area contributed by atoms with E-state index >= 15 is 0 Å². The van der Waals surface area contributed by atoms with E-state index in [0.717, 1.165) is 35.8 Å². The summed E-state index contributed by atoms with van der Waals surface area (Å²) in [5.41, 5.74) is 2.08. The van der Waals surface area contributed by atoms with Crippen molar-refractivity contribution in [3.8, 4) is 0 Å². The second-order valence-electron chi connectivity index (χ2n) is 4.38. The van der Waals surface area contributed by atoms with Gasteiger partial charge in [-0.2, -0.15) is 0 Å². The number of fused-ring (bicyclic) bond motifs is 1. The Kier molecular flexibility index (Phi) is 7.81. The summed E-state index contributed by atoms with van der Waals surface area (Å²) in [5.74, 6) is 1.78. The molecule has 2 rings (SSSR count). The zero-order valence-corrected chi connectivity index (χ0v) is 14.6. The van der Waals surface area contributed by atoms with Crippen LogP contribution in [0.15, 0.2) is 41.9 Å². The Morgan fingerprint density at radius 2 is 2.19 bits per heavy atom. The van der Waals surface area contributed by atoms with Crippen molar-refractivity contribution in [3.63, 3.8) is 0 Å². The van der Waals surface area contributed by atoms with Crippen LogP contribution < -0.4 is 10.6 Å². The smallest absolute Gasteiger partial charge is 0.191 e. The first kappa shape index (κ1) is 17.5. The molecule has 0 spiro atoms. The Balaban J connectivity index is 0.00000220. The highest BCUT2D eigenvalue weighted by Gasteiger charge is 2.01. The summed E-state index contributed by atoms with van der Waals surface area (Å²) in [5, 5.41) is 6.36. The van der Waals surface area contributed by atoms with Crippen LogP contribution in [0, 0.1) is 0 Å². The number of rotatable bonds is 6. The van der Waals surface area contributed by atoms with Crippen LogP contribution in [0.25, 0.3) is 11.0 Å². The molecule has 0 fully saturated rings. The monoisotopic (exact) mass is 399 g/mol. The summed E-state index contributed by atoms with van der Waals surface area (Å²) in [4.78, 5) is 12.3. The summed E-state index contributed by atoms with van der Waals surface area (Å²) in [7, 11) is 0. The van der Waals surface area contributed by atoms with E-state index in [1.165, 1.54) is 0 Å². The lowest BCUT2D eigenvalue weighted by molar-refractivity contribution is 0.837. The molecule has 21 heavy (non-hydrogen) atoms. The molecule has 6 heteroatoms. The first-order valence-corrected chi connectivity index (χ1v) is 6.90. The van der Waals surface area contributed by atoms with Gasteiger partial charge in [0.2, 0.25) is 0 Å². The number of H-pyrrole nitrogens is 1. The number of hydrogen-bond acceptors (Lipinski definition) is 2. The van der Waals surface area contributed by atoms with Crippen LogP contribution in [0.2, 0.25) is 0 Å². The summed E-state index contributed by atoms with van der Waals surface area (Å²) in [6.07, 6.45) is 2.60. The molecular weight excluding hydrogens is 377 g/mol. The highest BCUT2D eigenvalue weighted by Crippen LogP contribution is 2.10. The number of aromatic nitrogens is 2. The van der Waals surface area contributed by atoms with Crippen LogP contribution in [0.4, 0.5) is 0 Å². The van der Waals surface area contributed by atoms with E-state index in [4.69, 9.17) is 0 Å². The van der Waals surface area contributed by atoms with Gasteiger partial charge < -0.3 is 15.6 Å². The van der Waals surface area contributed by atoms with E-state index < -0.39 is 0 Å². The van der Waals surface area contributed by atoms with Gasteiger partial charge in [-0.1, -0.05) is 18.2 Å². The third-order valence-corrected chi connectivity index (χ3v) is 2.82. The first-order valence-electron chi connectivity index (χ1n) is 6.90. The van der Waals surface area contributed by atoms with Crippen LogP contribution in [0.5, 0.6) is 0 Å². The maximum Gasteiger partial charge on any atom is 0.191 e. The van der Waals surface area contributed by atoms with Gasteiger partial charge in [0.25, 0.3) is 0 Å². The quantitative estimate of drug-likeness (QED) is 0.303. The zero-order valence-electron chi connectivity index (χ0n) is 12.2. The van der Waals surface area contributed by atoms with E-state index in [9.17, 15) is 0 Å². The van der Waals surface area contributed by atoms with E-state index in [-0.39, 0.29) is 24.0 Å². The molecule has 0 radical (unpaired) electrons. The molecule has 3 N–H and O–H groups in total. The summed E-state index contributed by atoms with van der Waals surface area (Å²) < 4.78 is 0. The lowest BCUT2D eigenvalue weighted by Gasteiger charge is -2.08. The molecule has 1 aromatic carbocycles. The summed E-state index contributed by atoms with van der Waals surface area (Å²) >= 11 is 0. The standard InChI is InChI=1S/C15H21N5.HI/c1-3-10-17-15(16-4-2)18-11-9-14-19-12-7-5-6-8-13(12)20-14;/h3,5-8H,1,4,9-11H2,2H3,(H,19,20)(H2,16,17,18);1H. The molecular formula is C15H22IN5. The average molecular weight is 399 g/mol. The number of halogens is 1. The van der Waals surface area contributed by atoms with Gasteiger partial charge in [-0.3, -0.25) is 4.99 Å². The number of nitrogens with one attached hydrogen (secondary N) is 3. The molecule has 0 aliphatic heterocycles. The minimum atomic E-state index is 0. The average Bonchev–Trinajstić information content (AvgIpc) is 2.87. The summed E-state index contributed by atoms with van der Waals surface area (Å²) in [6, 6.07) is 8.04. The predicted octanol–water partition coefficient (Wildman–Crippen LogP) is 2.46. The van der Waals surface area contributed by atoms with Crippen molar-refractivity contribution in [1.82, 2.24) is 20.6 Å². The van der Waals surface area contributed by atoms with E-state index in [1.54, 1.807) is 0 Å². The third kappa shape index (κ3) is 5.37. The summed E-state index contributed by atoms with van der Waals surface area (Å²) in [6.45, 7) is 7.96. The Labute approximate surface area is 142 Å². The topological polar surface area (TPSA) is 65.1 Å². The number of benzene rings is 1. The molecule has 0 saturated carbocycles. The second kappa shape index (κ2) is 9.38. The molecule has 0 bridgehead atoms. The van der Waals surface area contributed by atoms with Crippen LogP contribution in [0.1, 0.15) is 12.7 Å². The lowest BCUT2D eigenvalue weighted by Crippen LogP contribution is -2.37. The molecule has 1 heterocycles. The largest absolute Gasteiger partial charge is 0.357 e. The molecule has 2 aromatic rings. The normalized spacial score (nSPS) is 11.0. The van der Waals surface area contributed by atoms with E-state index in [2.05, 4.69) is 32.2 Å². The maximum absolute atomic E-state index is 4.54. The van der Waals surface area contributed by atoms with Crippen molar-refractivity contribution in [2.75, 3.05) is 19.6 Å². The molecule has 0 aliphatic rings. The molecule has 0 amide bonds. The van der Waals surface area contributed by atoms with Gasteiger partial charge >= 0.3 is 0 Å². The van der Waals surface area contributed by atoms with Crippen molar-refractivity contribution in [2.24, 2.45) is 4.99 Å². The number of aliphatic imine (C=N–C) groups is 1. The molecule has 0 unspecified atom stereocenters. The third-order valence-electron chi connectivity index (χ3n) is 2.82. The van der Waals surface area contributed by atoms with Gasteiger partial charge in [0.1, 0.15) is 5.82 Å². The minimum Gasteiger partial charge on any atom is -0.357 e. The predicted molar refractivity (Wildman–Crippen MR) is 99.4 cm³/mol. The molecule has 5 nitrogen and oxygen atoms in total. The Bertz CT molecular complexity index is 558. The van der Waals surface area contributed by atoms with Crippen molar-refractivity contribution in [2.45, 2.75) is 13.3 Å². The fourth-order valence-electron chi connectivity index (χ4n) is 1.91. The number of imidazole rings is 1. The van der Waals surface area contributed by atoms with Crippen molar-refractivity contribution < 1.29 is 0 Å². The maximum atomic E-state index is 4.54. The molecule has 0 aliphatic carbocycles. The highest BCUT2D eigenvalue weighted by molar-refractivity contribution is 14.0. The molecule has 0 saturated heterocycles. The number of nitrogens with zero attached hydrogens (tertiary/aromatic N) is 2. The Hall–Kier alpha value is -1.57. The minimum absolute atomic E-state index is 0. The van der Waals surface area contributed by atoms with Gasteiger partial charge in [0.15, 0.2) is 5.96 Å². The zero-order chi connectivity index (χ0) is 14.2. The first-order chi connectivity index (χ1) is 9.83. The Morgan fingerprint density at radius 1 is 1.38 bits per heavy atom.